The van der Waals surface area contributed by atoms with Gasteiger partial charge in [-0.1, -0.05) is 0 Å². The summed E-state index contributed by atoms with van der Waals surface area (Å²) in [5.41, 5.74) is 4.13. The van der Waals surface area contributed by atoms with E-state index in [0.717, 1.165) is 6.07 Å². The predicted molar refractivity (Wildman–Crippen MR) is 59.6 cm³/mol. The van der Waals surface area contributed by atoms with E-state index in [2.05, 4.69) is 5.10 Å². The Labute approximate surface area is 100 Å². The van der Waals surface area contributed by atoms with Crippen LogP contribution in [0.15, 0.2) is 36.7 Å². The molecule has 0 radical (unpaired) electrons. The lowest BCUT2D eigenvalue weighted by Gasteiger charge is -2.13. The topological polar surface area (TPSA) is 67.7 Å². The largest absolute Gasteiger partial charge is 0.417 e. The maximum atomic E-state index is 12.8. The molecule has 18 heavy (non-hydrogen) atoms. The third-order valence-electron chi connectivity index (χ3n) is 2.37. The van der Waals surface area contributed by atoms with E-state index >= 15 is 0 Å². The van der Waals surface area contributed by atoms with Crippen LogP contribution in [0.4, 0.5) is 13.2 Å². The van der Waals surface area contributed by atoms with Crippen molar-refractivity contribution in [1.29, 1.82) is 5.41 Å². The van der Waals surface area contributed by atoms with E-state index in [1.807, 2.05) is 0 Å². The number of hydrogen-bond acceptors (Lipinski definition) is 2. The molecule has 1 heterocycles. The molecule has 3 N–H and O–H groups in total. The molecule has 0 saturated carbocycles. The Bertz CT molecular complexity index is 572. The number of benzene rings is 1. The Morgan fingerprint density at radius 2 is 2.06 bits per heavy atom. The minimum Gasteiger partial charge on any atom is -0.384 e. The minimum atomic E-state index is -4.57. The first-order valence-corrected chi connectivity index (χ1v) is 4.95. The summed E-state index contributed by atoms with van der Waals surface area (Å²) in [6.45, 7) is 0. The van der Waals surface area contributed by atoms with Crippen LogP contribution in [0.2, 0.25) is 0 Å². The van der Waals surface area contributed by atoms with Gasteiger partial charge in [-0.05, 0) is 24.3 Å². The van der Waals surface area contributed by atoms with Crippen molar-refractivity contribution in [3.8, 4) is 5.69 Å². The van der Waals surface area contributed by atoms with Crippen molar-refractivity contribution in [3.05, 3.63) is 47.8 Å². The summed E-state index contributed by atoms with van der Waals surface area (Å²) in [5.74, 6) is -0.616. The molecule has 0 saturated heterocycles. The first-order chi connectivity index (χ1) is 8.39. The Balaban J connectivity index is 2.60. The number of rotatable bonds is 2. The van der Waals surface area contributed by atoms with Crippen LogP contribution in [0.5, 0.6) is 0 Å². The molecule has 0 aliphatic heterocycles. The van der Waals surface area contributed by atoms with Crippen LogP contribution in [0.1, 0.15) is 11.1 Å². The highest BCUT2D eigenvalue weighted by Gasteiger charge is 2.34. The molecule has 0 atom stereocenters. The zero-order valence-corrected chi connectivity index (χ0v) is 9.07. The lowest BCUT2D eigenvalue weighted by Crippen LogP contribution is -2.19. The Kier molecular flexibility index (Phi) is 2.82. The summed E-state index contributed by atoms with van der Waals surface area (Å²) < 4.78 is 39.9. The molecule has 0 aliphatic carbocycles. The fraction of sp³-hybridized carbons (Fsp3) is 0.0909. The number of nitrogens with one attached hydrogen (secondary N) is 1. The van der Waals surface area contributed by atoms with Gasteiger partial charge in [0.1, 0.15) is 5.84 Å². The zero-order chi connectivity index (χ0) is 13.3. The van der Waals surface area contributed by atoms with Gasteiger partial charge in [0.15, 0.2) is 0 Å². The van der Waals surface area contributed by atoms with Crippen molar-refractivity contribution in [1.82, 2.24) is 9.78 Å². The molecule has 1 aromatic carbocycles. The molecule has 7 heteroatoms. The number of aromatic nitrogens is 2. The van der Waals surface area contributed by atoms with Crippen LogP contribution in [-0.2, 0) is 6.18 Å². The van der Waals surface area contributed by atoms with E-state index in [-0.39, 0.29) is 11.3 Å². The second-order valence-corrected chi connectivity index (χ2v) is 3.59. The smallest absolute Gasteiger partial charge is 0.384 e. The number of halogens is 3. The first kappa shape index (κ1) is 12.2. The average Bonchev–Trinajstić information content (AvgIpc) is 2.80. The van der Waals surface area contributed by atoms with E-state index in [4.69, 9.17) is 11.1 Å². The summed E-state index contributed by atoms with van der Waals surface area (Å²) >= 11 is 0. The number of hydrogen-bond donors (Lipinski definition) is 2. The Hall–Kier alpha value is -2.31. The number of nitrogens with zero attached hydrogens (tertiary/aromatic N) is 2. The highest BCUT2D eigenvalue weighted by atomic mass is 19.4. The average molecular weight is 254 g/mol. The fourth-order valence-electron chi connectivity index (χ4n) is 1.57. The van der Waals surface area contributed by atoms with E-state index in [1.54, 1.807) is 6.07 Å². The van der Waals surface area contributed by atoms with Gasteiger partial charge in [-0.3, -0.25) is 5.41 Å². The third kappa shape index (κ3) is 2.20. The first-order valence-electron chi connectivity index (χ1n) is 4.95. The van der Waals surface area contributed by atoms with Crippen LogP contribution in [0, 0.1) is 5.41 Å². The number of nitrogens with two attached hydrogens (primary N) is 1. The minimum absolute atomic E-state index is 0.261. The summed E-state index contributed by atoms with van der Waals surface area (Å²) in [6.07, 6.45) is -1.57. The zero-order valence-electron chi connectivity index (χ0n) is 9.07. The third-order valence-corrected chi connectivity index (χ3v) is 2.37. The standard InChI is InChI=1S/C11H9F3N4/c12-11(13,14)9-6-7(18-5-1-4-17-18)2-3-8(9)10(15)16/h1-6H,(H3,15,16). The predicted octanol–water partition coefficient (Wildman–Crippen LogP) is 2.18. The highest BCUT2D eigenvalue weighted by molar-refractivity contribution is 5.96. The molecule has 0 aliphatic rings. The molecule has 0 amide bonds. The van der Waals surface area contributed by atoms with E-state index in [9.17, 15) is 13.2 Å². The van der Waals surface area contributed by atoms with E-state index < -0.39 is 17.6 Å². The SMILES string of the molecule is N=C(N)c1ccc(-n2cccn2)cc1C(F)(F)F. The van der Waals surface area contributed by atoms with Crippen molar-refractivity contribution >= 4 is 5.84 Å². The normalized spacial score (nSPS) is 11.5. The van der Waals surface area contributed by atoms with Crippen molar-refractivity contribution < 1.29 is 13.2 Å². The molecule has 0 fully saturated rings. The lowest BCUT2D eigenvalue weighted by molar-refractivity contribution is -0.137. The van der Waals surface area contributed by atoms with Gasteiger partial charge in [-0.2, -0.15) is 18.3 Å². The highest BCUT2D eigenvalue weighted by Crippen LogP contribution is 2.33. The van der Waals surface area contributed by atoms with Crippen molar-refractivity contribution in [2.24, 2.45) is 5.73 Å². The Morgan fingerprint density at radius 1 is 1.33 bits per heavy atom. The van der Waals surface area contributed by atoms with Gasteiger partial charge in [-0.15, -0.1) is 0 Å². The maximum Gasteiger partial charge on any atom is 0.417 e. The molecule has 4 nitrogen and oxygen atoms in total. The van der Waals surface area contributed by atoms with Crippen LogP contribution < -0.4 is 5.73 Å². The lowest BCUT2D eigenvalue weighted by atomic mass is 10.1. The number of amidine groups is 1. The van der Waals surface area contributed by atoms with Crippen LogP contribution in [0.25, 0.3) is 5.69 Å². The van der Waals surface area contributed by atoms with Gasteiger partial charge in [0.05, 0.1) is 11.3 Å². The van der Waals surface area contributed by atoms with Gasteiger partial charge in [0, 0.05) is 18.0 Å². The van der Waals surface area contributed by atoms with E-state index in [1.165, 1.54) is 29.2 Å². The fourth-order valence-corrected chi connectivity index (χ4v) is 1.57. The molecule has 94 valence electrons. The van der Waals surface area contributed by atoms with Crippen molar-refractivity contribution in [2.75, 3.05) is 0 Å². The van der Waals surface area contributed by atoms with Gasteiger partial charge in [-0.25, -0.2) is 4.68 Å². The number of nitrogen functional groups attached to an aromatic ring is 1. The molecular weight excluding hydrogens is 245 g/mol. The van der Waals surface area contributed by atoms with Crippen LogP contribution in [0.3, 0.4) is 0 Å². The second-order valence-electron chi connectivity index (χ2n) is 3.59. The monoisotopic (exact) mass is 254 g/mol. The van der Waals surface area contributed by atoms with Crippen LogP contribution >= 0.6 is 0 Å². The summed E-state index contributed by atoms with van der Waals surface area (Å²) in [6, 6.07) is 5.12. The molecule has 0 unspecified atom stereocenters. The molecule has 2 aromatic rings. The van der Waals surface area contributed by atoms with Crippen molar-refractivity contribution in [2.45, 2.75) is 6.18 Å². The second kappa shape index (κ2) is 4.17. The molecular formula is C11H9F3N4. The van der Waals surface area contributed by atoms with E-state index in [0.29, 0.717) is 0 Å². The van der Waals surface area contributed by atoms with Gasteiger partial charge >= 0.3 is 6.18 Å². The molecule has 1 aromatic heterocycles. The molecule has 0 bridgehead atoms. The maximum absolute atomic E-state index is 12.8. The number of alkyl halides is 3. The molecule has 0 spiro atoms. The Morgan fingerprint density at radius 3 is 2.56 bits per heavy atom. The van der Waals surface area contributed by atoms with Crippen molar-refractivity contribution in [3.63, 3.8) is 0 Å². The van der Waals surface area contributed by atoms with Gasteiger partial charge in [0.2, 0.25) is 0 Å². The summed E-state index contributed by atoms with van der Waals surface area (Å²) in [5, 5.41) is 11.0. The van der Waals surface area contributed by atoms with Gasteiger partial charge < -0.3 is 5.73 Å². The summed E-state index contributed by atoms with van der Waals surface area (Å²) in [4.78, 5) is 0. The summed E-state index contributed by atoms with van der Waals surface area (Å²) in [7, 11) is 0. The van der Waals surface area contributed by atoms with Crippen LogP contribution in [-0.4, -0.2) is 15.6 Å². The quantitative estimate of drug-likeness (QED) is 0.637. The molecule has 2 rings (SSSR count). The van der Waals surface area contributed by atoms with Gasteiger partial charge in [0.25, 0.3) is 0 Å².